The molecule has 1 aliphatic heterocycles. The third-order valence-electron chi connectivity index (χ3n) is 2.44. The lowest BCUT2D eigenvalue weighted by molar-refractivity contribution is -0.130. The van der Waals surface area contributed by atoms with Gasteiger partial charge in [-0.25, -0.2) is 9.79 Å². The first-order valence-electron chi connectivity index (χ1n) is 5.12. The molecule has 0 fully saturated rings. The molecule has 16 heavy (non-hydrogen) atoms. The molecule has 0 radical (unpaired) electrons. The quantitative estimate of drug-likeness (QED) is 0.533. The van der Waals surface area contributed by atoms with E-state index in [1.54, 1.807) is 13.0 Å². The van der Waals surface area contributed by atoms with Crippen LogP contribution in [0.2, 0.25) is 0 Å². The van der Waals surface area contributed by atoms with Crippen molar-refractivity contribution >= 4 is 17.9 Å². The Hall–Kier alpha value is -1.90. The number of ether oxygens (including phenoxy) is 1. The number of nitrogens with zero attached hydrogens (tertiary/aromatic N) is 1. The van der Waals surface area contributed by atoms with Gasteiger partial charge < -0.3 is 4.74 Å². The maximum absolute atomic E-state index is 11.4. The van der Waals surface area contributed by atoms with Gasteiger partial charge in [-0.3, -0.25) is 0 Å². The summed E-state index contributed by atoms with van der Waals surface area (Å²) in [5.41, 5.74) is 3.69. The SMILES string of the molecule is CC1=N/C(=C\c2ccc(C)cc2C)C(=O)O1. The first kappa shape index (κ1) is 10.6. The molecule has 1 aromatic rings. The lowest BCUT2D eigenvalue weighted by atomic mass is 10.0. The monoisotopic (exact) mass is 215 g/mol. The summed E-state index contributed by atoms with van der Waals surface area (Å²) in [7, 11) is 0. The van der Waals surface area contributed by atoms with E-state index in [0.717, 1.165) is 11.1 Å². The molecule has 0 saturated carbocycles. The summed E-state index contributed by atoms with van der Waals surface area (Å²) < 4.78 is 4.85. The molecule has 0 aromatic heterocycles. The maximum atomic E-state index is 11.4. The Morgan fingerprint density at radius 2 is 2.00 bits per heavy atom. The molecule has 82 valence electrons. The molecule has 0 amide bonds. The fourth-order valence-electron chi connectivity index (χ4n) is 1.65. The van der Waals surface area contributed by atoms with Crippen LogP contribution in [0, 0.1) is 13.8 Å². The Labute approximate surface area is 94.5 Å². The minimum absolute atomic E-state index is 0.365. The van der Waals surface area contributed by atoms with Crippen molar-refractivity contribution in [2.24, 2.45) is 4.99 Å². The number of aryl methyl sites for hydroxylation is 2. The Morgan fingerprint density at radius 1 is 1.25 bits per heavy atom. The lowest BCUT2D eigenvalue weighted by Gasteiger charge is -2.01. The van der Waals surface area contributed by atoms with Crippen LogP contribution in [-0.4, -0.2) is 11.9 Å². The third-order valence-corrected chi connectivity index (χ3v) is 2.44. The van der Waals surface area contributed by atoms with Crippen LogP contribution in [0.1, 0.15) is 23.6 Å². The van der Waals surface area contributed by atoms with Crippen LogP contribution in [-0.2, 0) is 9.53 Å². The Kier molecular flexibility index (Phi) is 2.60. The fraction of sp³-hybridized carbons (Fsp3) is 0.231. The molecule has 0 N–H and O–H groups in total. The topological polar surface area (TPSA) is 38.7 Å². The summed E-state index contributed by atoms with van der Waals surface area (Å²) >= 11 is 0. The number of carbonyl (C=O) groups is 1. The van der Waals surface area contributed by atoms with Crippen molar-refractivity contribution in [3.8, 4) is 0 Å². The van der Waals surface area contributed by atoms with E-state index >= 15 is 0 Å². The Morgan fingerprint density at radius 3 is 2.56 bits per heavy atom. The maximum Gasteiger partial charge on any atom is 0.363 e. The van der Waals surface area contributed by atoms with E-state index in [2.05, 4.69) is 11.1 Å². The van der Waals surface area contributed by atoms with E-state index < -0.39 is 0 Å². The second-order valence-corrected chi connectivity index (χ2v) is 3.91. The molecule has 1 aromatic carbocycles. The molecular formula is C13H13NO2. The minimum Gasteiger partial charge on any atom is -0.407 e. The predicted molar refractivity (Wildman–Crippen MR) is 63.1 cm³/mol. The van der Waals surface area contributed by atoms with Crippen LogP contribution < -0.4 is 0 Å². The first-order chi connectivity index (χ1) is 7.56. The van der Waals surface area contributed by atoms with Crippen molar-refractivity contribution in [2.75, 3.05) is 0 Å². The highest BCUT2D eigenvalue weighted by molar-refractivity contribution is 6.06. The van der Waals surface area contributed by atoms with Gasteiger partial charge in [0.05, 0.1) is 0 Å². The molecule has 1 aliphatic rings. The van der Waals surface area contributed by atoms with Crippen LogP contribution in [0.25, 0.3) is 6.08 Å². The number of rotatable bonds is 1. The average Bonchev–Trinajstić information content (AvgIpc) is 2.50. The molecule has 1 heterocycles. The number of aliphatic imine (C=N–C) groups is 1. The Balaban J connectivity index is 2.40. The second kappa shape index (κ2) is 3.93. The lowest BCUT2D eigenvalue weighted by Crippen LogP contribution is -2.00. The van der Waals surface area contributed by atoms with Gasteiger partial charge in [0, 0.05) is 6.92 Å². The number of esters is 1. The van der Waals surface area contributed by atoms with Crippen molar-refractivity contribution < 1.29 is 9.53 Å². The zero-order valence-corrected chi connectivity index (χ0v) is 9.57. The third kappa shape index (κ3) is 2.03. The van der Waals surface area contributed by atoms with E-state index in [1.165, 1.54) is 5.56 Å². The minimum atomic E-state index is -0.377. The predicted octanol–water partition coefficient (Wildman–Crippen LogP) is 2.62. The summed E-state index contributed by atoms with van der Waals surface area (Å²) in [5.74, 6) is 0.0264. The van der Waals surface area contributed by atoms with Crippen LogP contribution in [0.4, 0.5) is 0 Å². The van der Waals surface area contributed by atoms with Crippen molar-refractivity contribution in [2.45, 2.75) is 20.8 Å². The first-order valence-corrected chi connectivity index (χ1v) is 5.12. The highest BCUT2D eigenvalue weighted by Crippen LogP contribution is 2.18. The highest BCUT2D eigenvalue weighted by Gasteiger charge is 2.19. The fourth-order valence-corrected chi connectivity index (χ4v) is 1.65. The van der Waals surface area contributed by atoms with Gasteiger partial charge in [-0.1, -0.05) is 23.8 Å². The smallest absolute Gasteiger partial charge is 0.363 e. The molecule has 0 saturated heterocycles. The number of benzene rings is 1. The van der Waals surface area contributed by atoms with Crippen LogP contribution in [0.5, 0.6) is 0 Å². The van der Waals surface area contributed by atoms with Crippen LogP contribution in [0.15, 0.2) is 28.9 Å². The number of hydrogen-bond donors (Lipinski definition) is 0. The zero-order chi connectivity index (χ0) is 11.7. The standard InChI is InChI=1S/C13H13NO2/c1-8-4-5-11(9(2)6-8)7-12-13(15)16-10(3)14-12/h4-7H,1-3H3/b12-7-. The van der Waals surface area contributed by atoms with E-state index in [-0.39, 0.29) is 5.97 Å². The molecule has 3 heteroatoms. The number of carbonyl (C=O) groups excluding carboxylic acids is 1. The second-order valence-electron chi connectivity index (χ2n) is 3.91. The average molecular weight is 215 g/mol. The van der Waals surface area contributed by atoms with Gasteiger partial charge >= 0.3 is 5.97 Å². The summed E-state index contributed by atoms with van der Waals surface area (Å²) in [5, 5.41) is 0. The van der Waals surface area contributed by atoms with Gasteiger partial charge in [0.2, 0.25) is 0 Å². The van der Waals surface area contributed by atoms with Crippen LogP contribution in [0.3, 0.4) is 0 Å². The van der Waals surface area contributed by atoms with Gasteiger partial charge in [0.15, 0.2) is 11.6 Å². The van der Waals surface area contributed by atoms with Gasteiger partial charge in [-0.05, 0) is 31.1 Å². The van der Waals surface area contributed by atoms with Crippen molar-refractivity contribution in [3.05, 3.63) is 40.6 Å². The molecule has 2 rings (SSSR count). The van der Waals surface area contributed by atoms with Crippen molar-refractivity contribution in [3.63, 3.8) is 0 Å². The molecule has 0 aliphatic carbocycles. The molecule has 0 spiro atoms. The summed E-state index contributed by atoms with van der Waals surface area (Å²) in [4.78, 5) is 15.4. The zero-order valence-electron chi connectivity index (χ0n) is 9.57. The molecule has 0 atom stereocenters. The van der Waals surface area contributed by atoms with E-state index in [0.29, 0.717) is 11.6 Å². The number of cyclic esters (lactones) is 1. The van der Waals surface area contributed by atoms with E-state index in [9.17, 15) is 4.79 Å². The molecular weight excluding hydrogens is 202 g/mol. The highest BCUT2D eigenvalue weighted by atomic mass is 16.6. The Bertz CT molecular complexity index is 513. The summed E-state index contributed by atoms with van der Waals surface area (Å²) in [6.45, 7) is 5.72. The van der Waals surface area contributed by atoms with Crippen molar-refractivity contribution in [1.29, 1.82) is 0 Å². The summed E-state index contributed by atoms with van der Waals surface area (Å²) in [6, 6.07) is 6.06. The molecule has 0 unspecified atom stereocenters. The van der Waals surface area contributed by atoms with Crippen molar-refractivity contribution in [1.82, 2.24) is 0 Å². The van der Waals surface area contributed by atoms with Gasteiger partial charge in [-0.2, -0.15) is 0 Å². The summed E-state index contributed by atoms with van der Waals surface area (Å²) in [6.07, 6.45) is 1.76. The molecule has 3 nitrogen and oxygen atoms in total. The normalized spacial score (nSPS) is 17.6. The van der Waals surface area contributed by atoms with Gasteiger partial charge in [0.1, 0.15) is 0 Å². The van der Waals surface area contributed by atoms with Gasteiger partial charge in [-0.15, -0.1) is 0 Å². The van der Waals surface area contributed by atoms with Gasteiger partial charge in [0.25, 0.3) is 0 Å². The molecule has 0 bridgehead atoms. The van der Waals surface area contributed by atoms with Crippen LogP contribution >= 0.6 is 0 Å². The van der Waals surface area contributed by atoms with E-state index in [1.807, 2.05) is 26.0 Å². The van der Waals surface area contributed by atoms with E-state index in [4.69, 9.17) is 4.74 Å². The number of hydrogen-bond acceptors (Lipinski definition) is 3. The largest absolute Gasteiger partial charge is 0.407 e.